The molecule has 0 aromatic heterocycles. The second-order valence-electron chi connectivity index (χ2n) is 9.20. The summed E-state index contributed by atoms with van der Waals surface area (Å²) < 4.78 is 0. The van der Waals surface area contributed by atoms with Crippen LogP contribution < -0.4 is 21.7 Å². The maximum absolute atomic E-state index is 12.9. The lowest BCUT2D eigenvalue weighted by Crippen LogP contribution is -2.60. The number of aliphatic hydroxyl groups excluding tert-OH is 1. The number of aliphatic carboxylic acids is 2. The van der Waals surface area contributed by atoms with Gasteiger partial charge in [0.05, 0.1) is 6.42 Å². The standard InChI is InChI=1S/C21H38N4O8/c1-9(2)7-12(22)17(28)20(31)25-16(11(5)6)19(30)24-15(10(3)4)18(29)23-13(21(32)33)8-14(26)27/h9-13,15-17,28H,7-8,22H2,1-6H3,(H,23,29)(H,24,30)(H,25,31)(H,26,27)(H,32,33)/t12-,13+,15+,16-,17+/m1/s1. The predicted octanol–water partition coefficient (Wildman–Crippen LogP) is -0.954. The summed E-state index contributed by atoms with van der Waals surface area (Å²) in [5.41, 5.74) is 5.86. The number of carbonyl (C=O) groups is 5. The average Bonchev–Trinajstić information content (AvgIpc) is 2.66. The van der Waals surface area contributed by atoms with Crippen LogP contribution in [0, 0.1) is 17.8 Å². The van der Waals surface area contributed by atoms with Crippen molar-refractivity contribution in [3.8, 4) is 0 Å². The zero-order chi connectivity index (χ0) is 26.0. The van der Waals surface area contributed by atoms with Crippen molar-refractivity contribution < 1.29 is 39.3 Å². The van der Waals surface area contributed by atoms with Crippen molar-refractivity contribution in [1.82, 2.24) is 16.0 Å². The molecule has 5 atom stereocenters. The molecule has 0 aromatic carbocycles. The first kappa shape index (κ1) is 30.3. The molecule has 0 rings (SSSR count). The van der Waals surface area contributed by atoms with E-state index < -0.39 is 78.2 Å². The number of hydrogen-bond acceptors (Lipinski definition) is 7. The monoisotopic (exact) mass is 474 g/mol. The minimum Gasteiger partial charge on any atom is -0.481 e. The fourth-order valence-electron chi connectivity index (χ4n) is 3.06. The van der Waals surface area contributed by atoms with Crippen LogP contribution in [0.15, 0.2) is 0 Å². The molecule has 8 N–H and O–H groups in total. The number of nitrogens with two attached hydrogens (primary N) is 1. The molecule has 0 aliphatic carbocycles. The van der Waals surface area contributed by atoms with Crippen LogP contribution in [0.3, 0.4) is 0 Å². The van der Waals surface area contributed by atoms with Crippen molar-refractivity contribution in [2.24, 2.45) is 23.5 Å². The van der Waals surface area contributed by atoms with E-state index >= 15 is 0 Å². The summed E-state index contributed by atoms with van der Waals surface area (Å²) in [5.74, 6) is -6.12. The van der Waals surface area contributed by atoms with Gasteiger partial charge >= 0.3 is 11.9 Å². The highest BCUT2D eigenvalue weighted by Crippen LogP contribution is 2.10. The average molecular weight is 475 g/mol. The molecule has 33 heavy (non-hydrogen) atoms. The molecule has 0 radical (unpaired) electrons. The number of aliphatic hydroxyl groups is 1. The highest BCUT2D eigenvalue weighted by molar-refractivity contribution is 5.94. The van der Waals surface area contributed by atoms with Crippen LogP contribution in [-0.4, -0.2) is 75.3 Å². The second kappa shape index (κ2) is 13.7. The molecule has 0 fully saturated rings. The van der Waals surface area contributed by atoms with Crippen molar-refractivity contribution in [3.63, 3.8) is 0 Å². The van der Waals surface area contributed by atoms with Crippen LogP contribution in [0.1, 0.15) is 54.4 Å². The number of carbonyl (C=O) groups excluding carboxylic acids is 3. The van der Waals surface area contributed by atoms with Gasteiger partial charge in [0.15, 0.2) is 0 Å². The van der Waals surface area contributed by atoms with E-state index in [-0.39, 0.29) is 5.92 Å². The lowest BCUT2D eigenvalue weighted by molar-refractivity contribution is -0.147. The molecule has 0 aliphatic heterocycles. The summed E-state index contributed by atoms with van der Waals surface area (Å²) in [7, 11) is 0. The van der Waals surface area contributed by atoms with E-state index in [1.165, 1.54) is 0 Å². The molecule has 0 saturated carbocycles. The number of carboxylic acids is 2. The molecule has 0 bridgehead atoms. The molecule has 0 aliphatic rings. The van der Waals surface area contributed by atoms with Crippen LogP contribution in [-0.2, 0) is 24.0 Å². The van der Waals surface area contributed by atoms with Gasteiger partial charge in [-0.15, -0.1) is 0 Å². The summed E-state index contributed by atoms with van der Waals surface area (Å²) in [6.45, 7) is 10.3. The van der Waals surface area contributed by atoms with Crippen molar-refractivity contribution >= 4 is 29.7 Å². The molecule has 12 heteroatoms. The molecule has 190 valence electrons. The van der Waals surface area contributed by atoms with Gasteiger partial charge in [-0.05, 0) is 24.2 Å². The Morgan fingerprint density at radius 3 is 1.55 bits per heavy atom. The molecule has 0 aromatic rings. The number of hydrogen-bond donors (Lipinski definition) is 7. The Hall–Kier alpha value is -2.73. The summed E-state index contributed by atoms with van der Waals surface area (Å²) in [6.07, 6.45) is -1.97. The van der Waals surface area contributed by atoms with Gasteiger partial charge in [0.2, 0.25) is 11.8 Å². The number of rotatable bonds is 14. The summed E-state index contributed by atoms with van der Waals surface area (Å²) in [5, 5.41) is 35.2. The SMILES string of the molecule is CC(C)C[C@@H](N)[C@H](O)C(=O)N[C@@H](C(=O)N[C@H](C(=O)N[C@@H](CC(=O)O)C(=O)O)C(C)C)C(C)C. The third-order valence-corrected chi connectivity index (χ3v) is 4.90. The number of amides is 3. The Labute approximate surface area is 193 Å². The van der Waals surface area contributed by atoms with Crippen LogP contribution >= 0.6 is 0 Å². The van der Waals surface area contributed by atoms with Crippen molar-refractivity contribution in [2.75, 3.05) is 0 Å². The fourth-order valence-corrected chi connectivity index (χ4v) is 3.06. The van der Waals surface area contributed by atoms with Crippen molar-refractivity contribution in [2.45, 2.75) is 84.7 Å². The molecule has 12 nitrogen and oxygen atoms in total. The van der Waals surface area contributed by atoms with E-state index in [1.807, 2.05) is 13.8 Å². The van der Waals surface area contributed by atoms with Crippen LogP contribution in [0.25, 0.3) is 0 Å². The van der Waals surface area contributed by atoms with E-state index in [2.05, 4.69) is 16.0 Å². The Balaban J connectivity index is 5.41. The second-order valence-corrected chi connectivity index (χ2v) is 9.20. The first-order valence-corrected chi connectivity index (χ1v) is 10.9. The van der Waals surface area contributed by atoms with Gasteiger partial charge in [0.25, 0.3) is 5.91 Å². The van der Waals surface area contributed by atoms with Gasteiger partial charge in [0, 0.05) is 6.04 Å². The van der Waals surface area contributed by atoms with Gasteiger partial charge in [-0.3, -0.25) is 19.2 Å². The van der Waals surface area contributed by atoms with Crippen molar-refractivity contribution in [1.29, 1.82) is 0 Å². The number of carboxylic acid groups (broad SMARTS) is 2. The van der Waals surface area contributed by atoms with E-state index in [0.717, 1.165) is 0 Å². The van der Waals surface area contributed by atoms with Gasteiger partial charge < -0.3 is 37.0 Å². The van der Waals surface area contributed by atoms with Crippen LogP contribution in [0.4, 0.5) is 0 Å². The van der Waals surface area contributed by atoms with Crippen LogP contribution in [0.5, 0.6) is 0 Å². The smallest absolute Gasteiger partial charge is 0.326 e. The third kappa shape index (κ3) is 10.6. The quantitative estimate of drug-likeness (QED) is 0.165. The summed E-state index contributed by atoms with van der Waals surface area (Å²) >= 11 is 0. The molecular weight excluding hydrogens is 436 g/mol. The Morgan fingerprint density at radius 1 is 0.758 bits per heavy atom. The maximum Gasteiger partial charge on any atom is 0.326 e. The van der Waals surface area contributed by atoms with Gasteiger partial charge in [0.1, 0.15) is 24.2 Å². The zero-order valence-corrected chi connectivity index (χ0v) is 20.0. The van der Waals surface area contributed by atoms with Crippen LogP contribution in [0.2, 0.25) is 0 Å². The van der Waals surface area contributed by atoms with E-state index in [0.29, 0.717) is 6.42 Å². The molecular formula is C21H38N4O8. The Kier molecular flexibility index (Phi) is 12.6. The van der Waals surface area contributed by atoms with E-state index in [4.69, 9.17) is 15.9 Å². The largest absolute Gasteiger partial charge is 0.481 e. The molecule has 0 saturated heterocycles. The van der Waals surface area contributed by atoms with E-state index in [9.17, 15) is 29.1 Å². The molecule has 0 unspecified atom stereocenters. The minimum atomic E-state index is -1.67. The molecule has 3 amide bonds. The lowest BCUT2D eigenvalue weighted by Gasteiger charge is -2.29. The normalized spacial score (nSPS) is 16.0. The topological polar surface area (TPSA) is 208 Å². The summed E-state index contributed by atoms with van der Waals surface area (Å²) in [4.78, 5) is 60.0. The maximum atomic E-state index is 12.9. The zero-order valence-electron chi connectivity index (χ0n) is 20.0. The first-order chi connectivity index (χ1) is 15.1. The minimum absolute atomic E-state index is 0.146. The summed E-state index contributed by atoms with van der Waals surface area (Å²) in [6, 6.07) is -4.80. The predicted molar refractivity (Wildman–Crippen MR) is 119 cm³/mol. The van der Waals surface area contributed by atoms with Gasteiger partial charge in [-0.2, -0.15) is 0 Å². The fraction of sp³-hybridized carbons (Fsp3) is 0.762. The molecule has 0 spiro atoms. The first-order valence-electron chi connectivity index (χ1n) is 10.9. The highest BCUT2D eigenvalue weighted by Gasteiger charge is 2.34. The lowest BCUT2D eigenvalue weighted by atomic mass is 9.97. The van der Waals surface area contributed by atoms with E-state index in [1.54, 1.807) is 27.7 Å². The Bertz CT molecular complexity index is 710. The molecule has 0 heterocycles. The number of nitrogens with one attached hydrogen (secondary N) is 3. The third-order valence-electron chi connectivity index (χ3n) is 4.90. The Morgan fingerprint density at radius 2 is 1.18 bits per heavy atom. The van der Waals surface area contributed by atoms with Gasteiger partial charge in [-0.25, -0.2) is 4.79 Å². The van der Waals surface area contributed by atoms with Gasteiger partial charge in [-0.1, -0.05) is 41.5 Å². The highest BCUT2D eigenvalue weighted by atomic mass is 16.4. The van der Waals surface area contributed by atoms with Crippen molar-refractivity contribution in [3.05, 3.63) is 0 Å².